The van der Waals surface area contributed by atoms with Crippen molar-refractivity contribution in [1.82, 2.24) is 14.9 Å². The Morgan fingerprint density at radius 3 is 2.88 bits per heavy atom. The molecule has 0 saturated carbocycles. The lowest BCUT2D eigenvalue weighted by atomic mass is 10.1. The summed E-state index contributed by atoms with van der Waals surface area (Å²) in [4.78, 5) is 21.3. The minimum atomic E-state index is -0.157. The molecule has 0 saturated heterocycles. The Hall–Kier alpha value is -3.08. The molecule has 5 heteroatoms. The van der Waals surface area contributed by atoms with E-state index in [0.717, 1.165) is 33.4 Å². The molecule has 2 heterocycles. The van der Waals surface area contributed by atoms with E-state index in [-0.39, 0.29) is 5.91 Å². The number of benzene rings is 1. The quantitative estimate of drug-likeness (QED) is 0.723. The fourth-order valence-corrected chi connectivity index (χ4v) is 2.47. The number of nitrogens with one attached hydrogen (secondary N) is 2. The molecule has 122 valence electrons. The van der Waals surface area contributed by atoms with Crippen molar-refractivity contribution in [3.63, 3.8) is 0 Å². The summed E-state index contributed by atoms with van der Waals surface area (Å²) in [6.07, 6.45) is 7.01. The van der Waals surface area contributed by atoms with E-state index in [4.69, 9.17) is 0 Å². The van der Waals surface area contributed by atoms with E-state index in [1.54, 1.807) is 6.20 Å². The molecular weight excluding hydrogens is 300 g/mol. The molecule has 2 N–H and O–H groups in total. The Bertz CT molecular complexity index is 909. The van der Waals surface area contributed by atoms with Crippen molar-refractivity contribution in [1.29, 1.82) is 0 Å². The SMILES string of the molecule is Cc1c[nH]c2ncc(-c3cccc(NC(=O)/C=C/N(C)C)c3)cc12. The van der Waals surface area contributed by atoms with Gasteiger partial charge in [-0.25, -0.2) is 4.98 Å². The molecule has 0 unspecified atom stereocenters. The molecule has 5 nitrogen and oxygen atoms in total. The summed E-state index contributed by atoms with van der Waals surface area (Å²) in [5.41, 5.74) is 4.84. The summed E-state index contributed by atoms with van der Waals surface area (Å²) < 4.78 is 0. The summed E-state index contributed by atoms with van der Waals surface area (Å²) in [5, 5.41) is 3.98. The molecule has 0 atom stereocenters. The fourth-order valence-electron chi connectivity index (χ4n) is 2.47. The van der Waals surface area contributed by atoms with E-state index in [9.17, 15) is 4.79 Å². The zero-order chi connectivity index (χ0) is 17.1. The van der Waals surface area contributed by atoms with E-state index >= 15 is 0 Å². The van der Waals surface area contributed by atoms with E-state index < -0.39 is 0 Å². The lowest BCUT2D eigenvalue weighted by Crippen LogP contribution is -2.10. The van der Waals surface area contributed by atoms with Gasteiger partial charge in [-0.05, 0) is 36.2 Å². The van der Waals surface area contributed by atoms with Crippen molar-refractivity contribution < 1.29 is 4.79 Å². The molecule has 0 aliphatic carbocycles. The molecule has 0 spiro atoms. The van der Waals surface area contributed by atoms with Gasteiger partial charge in [0, 0.05) is 55.4 Å². The first kappa shape index (κ1) is 15.8. The summed E-state index contributed by atoms with van der Waals surface area (Å²) in [6, 6.07) is 9.87. The number of carbonyl (C=O) groups is 1. The van der Waals surface area contributed by atoms with Gasteiger partial charge >= 0.3 is 0 Å². The molecule has 0 fully saturated rings. The third-order valence-corrected chi connectivity index (χ3v) is 3.73. The van der Waals surface area contributed by atoms with Crippen LogP contribution in [-0.2, 0) is 4.79 Å². The third-order valence-electron chi connectivity index (χ3n) is 3.73. The van der Waals surface area contributed by atoms with Crippen LogP contribution in [0.25, 0.3) is 22.2 Å². The Morgan fingerprint density at radius 1 is 1.25 bits per heavy atom. The van der Waals surface area contributed by atoms with E-state index in [1.807, 2.05) is 55.7 Å². The van der Waals surface area contributed by atoms with E-state index in [2.05, 4.69) is 28.3 Å². The van der Waals surface area contributed by atoms with Crippen LogP contribution in [0.2, 0.25) is 0 Å². The number of amides is 1. The van der Waals surface area contributed by atoms with Crippen LogP contribution >= 0.6 is 0 Å². The van der Waals surface area contributed by atoms with Crippen LogP contribution < -0.4 is 5.32 Å². The topological polar surface area (TPSA) is 61.0 Å². The smallest absolute Gasteiger partial charge is 0.249 e. The Labute approximate surface area is 141 Å². The predicted molar refractivity (Wildman–Crippen MR) is 97.7 cm³/mol. The summed E-state index contributed by atoms with van der Waals surface area (Å²) in [7, 11) is 3.74. The minimum absolute atomic E-state index is 0.157. The summed E-state index contributed by atoms with van der Waals surface area (Å²) in [5.74, 6) is -0.157. The van der Waals surface area contributed by atoms with Crippen molar-refractivity contribution in [3.8, 4) is 11.1 Å². The van der Waals surface area contributed by atoms with Crippen LogP contribution in [0.1, 0.15) is 5.56 Å². The fraction of sp³-hybridized carbons (Fsp3) is 0.158. The van der Waals surface area contributed by atoms with Gasteiger partial charge in [0.2, 0.25) is 5.91 Å². The van der Waals surface area contributed by atoms with Crippen molar-refractivity contribution >= 4 is 22.6 Å². The monoisotopic (exact) mass is 320 g/mol. The third kappa shape index (κ3) is 3.46. The number of H-pyrrole nitrogens is 1. The van der Waals surface area contributed by atoms with E-state index in [1.165, 1.54) is 6.08 Å². The van der Waals surface area contributed by atoms with Gasteiger partial charge in [-0.15, -0.1) is 0 Å². The minimum Gasteiger partial charge on any atom is -0.383 e. The number of fused-ring (bicyclic) bond motifs is 1. The summed E-state index contributed by atoms with van der Waals surface area (Å²) >= 11 is 0. The lowest BCUT2D eigenvalue weighted by Gasteiger charge is -2.07. The van der Waals surface area contributed by atoms with Crippen LogP contribution in [-0.4, -0.2) is 34.9 Å². The van der Waals surface area contributed by atoms with Gasteiger partial charge in [-0.1, -0.05) is 12.1 Å². The number of hydrogen-bond acceptors (Lipinski definition) is 3. The number of rotatable bonds is 4. The van der Waals surface area contributed by atoms with Crippen molar-refractivity contribution in [2.24, 2.45) is 0 Å². The molecule has 0 bridgehead atoms. The highest BCUT2D eigenvalue weighted by molar-refractivity contribution is 5.99. The van der Waals surface area contributed by atoms with Gasteiger partial charge < -0.3 is 15.2 Å². The van der Waals surface area contributed by atoms with Gasteiger partial charge in [0.25, 0.3) is 0 Å². The predicted octanol–water partition coefficient (Wildman–Crippen LogP) is 3.55. The highest BCUT2D eigenvalue weighted by Crippen LogP contribution is 2.26. The van der Waals surface area contributed by atoms with Crippen LogP contribution in [0.15, 0.2) is 55.0 Å². The number of pyridine rings is 1. The van der Waals surface area contributed by atoms with Crippen LogP contribution in [0.4, 0.5) is 5.69 Å². The second kappa shape index (κ2) is 6.58. The first-order valence-corrected chi connectivity index (χ1v) is 7.73. The molecule has 1 aromatic carbocycles. The second-order valence-electron chi connectivity index (χ2n) is 5.94. The van der Waals surface area contributed by atoms with Gasteiger partial charge in [-0.2, -0.15) is 0 Å². The molecule has 0 aliphatic rings. The number of aromatic amines is 1. The first-order chi connectivity index (χ1) is 11.5. The lowest BCUT2D eigenvalue weighted by molar-refractivity contribution is -0.112. The van der Waals surface area contributed by atoms with Gasteiger partial charge in [0.05, 0.1) is 0 Å². The van der Waals surface area contributed by atoms with Gasteiger partial charge in [-0.3, -0.25) is 4.79 Å². The van der Waals surface area contributed by atoms with Gasteiger partial charge in [0.15, 0.2) is 0 Å². The largest absolute Gasteiger partial charge is 0.383 e. The molecule has 0 radical (unpaired) electrons. The number of hydrogen-bond donors (Lipinski definition) is 2. The molecule has 0 aliphatic heterocycles. The molecular formula is C19H20N4O. The Kier molecular flexibility index (Phi) is 4.33. The highest BCUT2D eigenvalue weighted by Gasteiger charge is 2.06. The molecule has 3 aromatic rings. The maximum Gasteiger partial charge on any atom is 0.249 e. The van der Waals surface area contributed by atoms with Crippen LogP contribution in [0.5, 0.6) is 0 Å². The van der Waals surface area contributed by atoms with Crippen LogP contribution in [0, 0.1) is 6.92 Å². The second-order valence-corrected chi connectivity index (χ2v) is 5.94. The van der Waals surface area contributed by atoms with Crippen molar-refractivity contribution in [2.75, 3.05) is 19.4 Å². The number of carbonyl (C=O) groups excluding carboxylic acids is 1. The standard InChI is InChI=1S/C19H20N4O/c1-13-11-20-19-17(13)10-15(12-21-19)14-5-4-6-16(9-14)22-18(24)7-8-23(2)3/h4-12H,1-3H3,(H,20,21)(H,22,24)/b8-7+. The number of aryl methyl sites for hydroxylation is 1. The highest BCUT2D eigenvalue weighted by atomic mass is 16.1. The van der Waals surface area contributed by atoms with Crippen LogP contribution in [0.3, 0.4) is 0 Å². The number of nitrogens with zero attached hydrogens (tertiary/aromatic N) is 2. The Morgan fingerprint density at radius 2 is 2.08 bits per heavy atom. The molecule has 2 aromatic heterocycles. The maximum atomic E-state index is 11.9. The first-order valence-electron chi connectivity index (χ1n) is 7.73. The van der Waals surface area contributed by atoms with Gasteiger partial charge in [0.1, 0.15) is 5.65 Å². The van der Waals surface area contributed by atoms with Crippen molar-refractivity contribution in [3.05, 3.63) is 60.6 Å². The zero-order valence-electron chi connectivity index (χ0n) is 14.0. The molecule has 1 amide bonds. The number of anilines is 1. The van der Waals surface area contributed by atoms with E-state index in [0.29, 0.717) is 0 Å². The maximum absolute atomic E-state index is 11.9. The Balaban J connectivity index is 1.86. The number of aromatic nitrogens is 2. The molecule has 3 rings (SSSR count). The normalized spacial score (nSPS) is 11.1. The zero-order valence-corrected chi connectivity index (χ0v) is 14.0. The average molecular weight is 320 g/mol. The summed E-state index contributed by atoms with van der Waals surface area (Å²) in [6.45, 7) is 2.05. The molecule has 24 heavy (non-hydrogen) atoms. The van der Waals surface area contributed by atoms with Crippen molar-refractivity contribution in [2.45, 2.75) is 6.92 Å². The average Bonchev–Trinajstić information content (AvgIpc) is 2.94.